The number of benzene rings is 2. The van der Waals surface area contributed by atoms with Crippen molar-refractivity contribution in [3.05, 3.63) is 82.8 Å². The summed E-state index contributed by atoms with van der Waals surface area (Å²) in [7, 11) is 0.204. The van der Waals surface area contributed by atoms with E-state index in [2.05, 4.69) is 0 Å². The highest BCUT2D eigenvalue weighted by molar-refractivity contribution is 7.89. The average molecular weight is 469 g/mol. The largest absolute Gasteiger partial charge is 0.497 e. The number of hydrogen-bond donors (Lipinski definition) is 1. The molecule has 6 heteroatoms. The molecule has 0 saturated carbocycles. The molecule has 0 heterocycles. The van der Waals surface area contributed by atoms with Gasteiger partial charge in [0.15, 0.2) is 0 Å². The van der Waals surface area contributed by atoms with Gasteiger partial charge in [-0.3, -0.25) is 9.00 Å². The standard InChI is InChI=1S/C27H32O5S/c1-31-22-16-14-21(15-17-22)10-6-7-13-24-26(28)25(33(2)30)20-27(24,29)18-8-9-19-32-23-11-4-3-5-12-23/h3-5,11-17,20,29H,6-10,18-19H2,1-2H3/b24-13+. The molecule has 176 valence electrons. The fourth-order valence-corrected chi connectivity index (χ4v) is 4.66. The zero-order valence-corrected chi connectivity index (χ0v) is 20.1. The fraction of sp³-hybridized carbons (Fsp3) is 0.370. The van der Waals surface area contributed by atoms with Gasteiger partial charge in [0.25, 0.3) is 0 Å². The van der Waals surface area contributed by atoms with Crippen LogP contribution in [0.5, 0.6) is 11.5 Å². The van der Waals surface area contributed by atoms with Gasteiger partial charge in [0, 0.05) is 11.8 Å². The Labute approximate surface area is 198 Å². The maximum absolute atomic E-state index is 12.8. The summed E-state index contributed by atoms with van der Waals surface area (Å²) in [6, 6.07) is 17.5. The summed E-state index contributed by atoms with van der Waals surface area (Å²) in [5, 5.41) is 11.3. The summed E-state index contributed by atoms with van der Waals surface area (Å²) in [4.78, 5) is 13.0. The molecule has 0 amide bonds. The molecular weight excluding hydrogens is 436 g/mol. The molecule has 0 radical (unpaired) electrons. The SMILES string of the molecule is COc1ccc(CCC/C=C2\C(=O)C(S(C)=O)=CC2(O)CCCCOc2ccccc2)cc1. The minimum atomic E-state index is -1.44. The molecule has 0 saturated heterocycles. The van der Waals surface area contributed by atoms with Gasteiger partial charge >= 0.3 is 0 Å². The third-order valence-electron chi connectivity index (χ3n) is 5.76. The average Bonchev–Trinajstić information content (AvgIpc) is 3.08. The molecule has 1 N–H and O–H groups in total. The number of Topliss-reactive ketones (excluding diaryl/α,β-unsaturated/α-hetero) is 1. The number of ketones is 1. The van der Waals surface area contributed by atoms with Crippen molar-refractivity contribution in [2.45, 2.75) is 44.1 Å². The highest BCUT2D eigenvalue weighted by Gasteiger charge is 2.42. The third kappa shape index (κ3) is 6.89. The summed E-state index contributed by atoms with van der Waals surface area (Å²) < 4.78 is 22.9. The molecular formula is C27H32O5S. The number of allylic oxidation sites excluding steroid dienone is 2. The van der Waals surface area contributed by atoms with E-state index >= 15 is 0 Å². The zero-order valence-electron chi connectivity index (χ0n) is 19.3. The Hall–Kier alpha value is -2.70. The maximum Gasteiger partial charge on any atom is 0.200 e. The lowest BCUT2D eigenvalue weighted by Crippen LogP contribution is -2.28. The number of carbonyl (C=O) groups excluding carboxylic acids is 1. The Balaban J connectivity index is 1.56. The molecule has 0 aromatic heterocycles. The highest BCUT2D eigenvalue weighted by Crippen LogP contribution is 2.36. The van der Waals surface area contributed by atoms with Crippen LogP contribution in [-0.4, -0.2) is 40.7 Å². The lowest BCUT2D eigenvalue weighted by molar-refractivity contribution is -0.112. The van der Waals surface area contributed by atoms with E-state index in [4.69, 9.17) is 9.47 Å². The van der Waals surface area contributed by atoms with Crippen LogP contribution >= 0.6 is 0 Å². The summed E-state index contributed by atoms with van der Waals surface area (Å²) in [5.41, 5.74) is 0.172. The fourth-order valence-electron chi connectivity index (χ4n) is 3.93. The Morgan fingerprint density at radius 1 is 1.00 bits per heavy atom. The van der Waals surface area contributed by atoms with Crippen LogP contribution in [-0.2, 0) is 22.0 Å². The first-order valence-electron chi connectivity index (χ1n) is 11.3. The number of hydrogen-bond acceptors (Lipinski definition) is 5. The molecule has 0 spiro atoms. The van der Waals surface area contributed by atoms with Gasteiger partial charge in [-0.05, 0) is 74.4 Å². The number of aryl methyl sites for hydroxylation is 1. The smallest absolute Gasteiger partial charge is 0.200 e. The molecule has 1 aliphatic rings. The quantitative estimate of drug-likeness (QED) is 0.359. The first kappa shape index (κ1) is 24.9. The molecule has 0 aliphatic heterocycles. The topological polar surface area (TPSA) is 72.8 Å². The number of carbonyl (C=O) groups is 1. The zero-order chi connectivity index (χ0) is 23.7. The van der Waals surface area contributed by atoms with E-state index < -0.39 is 16.4 Å². The predicted octanol–water partition coefficient (Wildman–Crippen LogP) is 4.77. The Kier molecular flexibility index (Phi) is 9.03. The van der Waals surface area contributed by atoms with Crippen LogP contribution in [0.15, 0.2) is 77.2 Å². The number of rotatable bonds is 12. The molecule has 2 aromatic carbocycles. The molecule has 2 aromatic rings. The van der Waals surface area contributed by atoms with E-state index in [0.29, 0.717) is 31.4 Å². The molecule has 3 rings (SSSR count). The summed E-state index contributed by atoms with van der Waals surface area (Å²) in [6.45, 7) is 0.533. The number of para-hydroxylation sites is 1. The number of aliphatic hydroxyl groups is 1. The molecule has 33 heavy (non-hydrogen) atoms. The van der Waals surface area contributed by atoms with Crippen LogP contribution in [0.4, 0.5) is 0 Å². The van der Waals surface area contributed by atoms with Gasteiger partial charge in [-0.1, -0.05) is 36.4 Å². The minimum Gasteiger partial charge on any atom is -0.497 e. The summed E-state index contributed by atoms with van der Waals surface area (Å²) in [5.74, 6) is 1.33. The normalized spacial score (nSPS) is 20.0. The van der Waals surface area contributed by atoms with Gasteiger partial charge in [-0.15, -0.1) is 0 Å². The predicted molar refractivity (Wildman–Crippen MR) is 132 cm³/mol. The number of unbranched alkanes of at least 4 members (excludes halogenated alkanes) is 2. The van der Waals surface area contributed by atoms with Crippen molar-refractivity contribution >= 4 is 16.6 Å². The molecule has 2 atom stereocenters. The van der Waals surface area contributed by atoms with Crippen LogP contribution in [0, 0.1) is 0 Å². The van der Waals surface area contributed by atoms with E-state index in [1.54, 1.807) is 7.11 Å². The lowest BCUT2D eigenvalue weighted by atomic mass is 9.89. The third-order valence-corrected chi connectivity index (χ3v) is 6.68. The first-order valence-corrected chi connectivity index (χ1v) is 12.8. The molecule has 2 unspecified atom stereocenters. The molecule has 1 aliphatic carbocycles. The van der Waals surface area contributed by atoms with E-state index in [9.17, 15) is 14.1 Å². The van der Waals surface area contributed by atoms with Crippen molar-refractivity contribution in [1.29, 1.82) is 0 Å². The van der Waals surface area contributed by atoms with E-state index in [-0.39, 0.29) is 10.7 Å². The van der Waals surface area contributed by atoms with Crippen LogP contribution in [0.25, 0.3) is 0 Å². The summed E-state index contributed by atoms with van der Waals surface area (Å²) in [6.07, 6.45) is 8.97. The summed E-state index contributed by atoms with van der Waals surface area (Å²) >= 11 is 0. The lowest BCUT2D eigenvalue weighted by Gasteiger charge is -2.22. The van der Waals surface area contributed by atoms with E-state index in [1.807, 2.05) is 60.7 Å². The Bertz CT molecular complexity index is 1010. The second-order valence-electron chi connectivity index (χ2n) is 8.19. The van der Waals surface area contributed by atoms with E-state index in [1.165, 1.54) is 17.9 Å². The van der Waals surface area contributed by atoms with Gasteiger partial charge in [-0.2, -0.15) is 0 Å². The Morgan fingerprint density at radius 3 is 2.39 bits per heavy atom. The van der Waals surface area contributed by atoms with Gasteiger partial charge < -0.3 is 14.6 Å². The van der Waals surface area contributed by atoms with Gasteiger partial charge in [0.2, 0.25) is 5.78 Å². The monoisotopic (exact) mass is 468 g/mol. The first-order chi connectivity index (χ1) is 15.9. The number of ether oxygens (including phenoxy) is 2. The van der Waals surface area contributed by atoms with Crippen LogP contribution in [0.1, 0.15) is 37.7 Å². The molecule has 5 nitrogen and oxygen atoms in total. The van der Waals surface area contributed by atoms with Gasteiger partial charge in [-0.25, -0.2) is 0 Å². The highest BCUT2D eigenvalue weighted by atomic mass is 32.2. The van der Waals surface area contributed by atoms with Gasteiger partial charge in [0.05, 0.1) is 29.4 Å². The molecule has 0 fully saturated rings. The second kappa shape index (κ2) is 12.0. The Morgan fingerprint density at radius 2 is 1.73 bits per heavy atom. The van der Waals surface area contributed by atoms with Crippen LogP contribution < -0.4 is 9.47 Å². The number of methoxy groups -OCH3 is 1. The minimum absolute atomic E-state index is 0.194. The van der Waals surface area contributed by atoms with E-state index in [0.717, 1.165) is 30.8 Å². The van der Waals surface area contributed by atoms with Gasteiger partial charge in [0.1, 0.15) is 17.1 Å². The van der Waals surface area contributed by atoms with Crippen molar-refractivity contribution in [2.24, 2.45) is 0 Å². The molecule has 0 bridgehead atoms. The van der Waals surface area contributed by atoms with Crippen molar-refractivity contribution in [2.75, 3.05) is 20.0 Å². The van der Waals surface area contributed by atoms with Crippen molar-refractivity contribution < 1.29 is 23.6 Å². The van der Waals surface area contributed by atoms with Crippen LogP contribution in [0.3, 0.4) is 0 Å². The van der Waals surface area contributed by atoms with Crippen molar-refractivity contribution in [3.63, 3.8) is 0 Å². The van der Waals surface area contributed by atoms with Crippen LogP contribution in [0.2, 0.25) is 0 Å². The second-order valence-corrected chi connectivity index (χ2v) is 9.54. The van der Waals surface area contributed by atoms with Crippen molar-refractivity contribution in [3.8, 4) is 11.5 Å². The maximum atomic E-state index is 12.8. The van der Waals surface area contributed by atoms with Crippen molar-refractivity contribution in [1.82, 2.24) is 0 Å².